The highest BCUT2D eigenvalue weighted by Gasteiger charge is 2.21. The summed E-state index contributed by atoms with van der Waals surface area (Å²) in [4.78, 5) is 39.4. The van der Waals surface area contributed by atoms with Crippen molar-refractivity contribution in [2.75, 3.05) is 11.9 Å². The van der Waals surface area contributed by atoms with Crippen LogP contribution in [0, 0.1) is 5.92 Å². The molecular weight excluding hydrogens is 346 g/mol. The molecule has 0 aliphatic heterocycles. The first-order valence-electron chi connectivity index (χ1n) is 9.30. The molecule has 0 saturated heterocycles. The van der Waals surface area contributed by atoms with Crippen LogP contribution in [0.2, 0.25) is 0 Å². The molecule has 0 spiro atoms. The Morgan fingerprint density at radius 2 is 1.89 bits per heavy atom. The summed E-state index contributed by atoms with van der Waals surface area (Å²) in [5, 5.41) is 3.15. The number of carbonyl (C=O) groups is 3. The lowest BCUT2D eigenvalue weighted by Gasteiger charge is -2.20. The van der Waals surface area contributed by atoms with E-state index in [4.69, 9.17) is 11.5 Å². The largest absolute Gasteiger partial charge is 0.378 e. The number of anilines is 1. The zero-order valence-corrected chi connectivity index (χ0v) is 15.2. The van der Waals surface area contributed by atoms with E-state index in [1.165, 1.54) is 6.42 Å². The molecule has 2 aromatic rings. The molecule has 144 valence electrons. The van der Waals surface area contributed by atoms with Crippen LogP contribution in [0.1, 0.15) is 49.1 Å². The predicted octanol–water partition coefficient (Wildman–Crippen LogP) is 1.57. The van der Waals surface area contributed by atoms with Crippen molar-refractivity contribution in [2.45, 2.75) is 45.1 Å². The molecule has 1 aromatic carbocycles. The third-order valence-electron chi connectivity index (χ3n) is 5.08. The zero-order valence-electron chi connectivity index (χ0n) is 15.2. The number of primary amides is 2. The van der Waals surface area contributed by atoms with Gasteiger partial charge in [-0.2, -0.15) is 0 Å². The lowest BCUT2D eigenvalue weighted by Crippen LogP contribution is -2.24. The van der Waals surface area contributed by atoms with Crippen LogP contribution < -0.4 is 16.8 Å². The van der Waals surface area contributed by atoms with Crippen LogP contribution in [-0.2, 0) is 16.1 Å². The van der Waals surface area contributed by atoms with Crippen LogP contribution >= 0.6 is 0 Å². The summed E-state index contributed by atoms with van der Waals surface area (Å²) in [6, 6.07) is 5.39. The number of nitrogens with two attached hydrogens (primary N) is 2. The number of aromatic nitrogens is 2. The molecular formula is C19H25N5O3. The van der Waals surface area contributed by atoms with Gasteiger partial charge >= 0.3 is 0 Å². The number of nitrogens with zero attached hydrogens (tertiary/aromatic N) is 2. The van der Waals surface area contributed by atoms with Gasteiger partial charge in [0.15, 0.2) is 11.6 Å². The number of imidazole rings is 1. The van der Waals surface area contributed by atoms with E-state index in [0.29, 0.717) is 11.0 Å². The van der Waals surface area contributed by atoms with Gasteiger partial charge in [0.2, 0.25) is 5.91 Å². The number of aryl methyl sites for hydroxylation is 1. The summed E-state index contributed by atoms with van der Waals surface area (Å²) in [5.74, 6) is -0.657. The molecule has 27 heavy (non-hydrogen) atoms. The first-order valence-corrected chi connectivity index (χ1v) is 9.30. The molecule has 1 aliphatic carbocycles. The Kier molecular flexibility index (Phi) is 5.73. The summed E-state index contributed by atoms with van der Waals surface area (Å²) in [6.07, 6.45) is 5.51. The van der Waals surface area contributed by atoms with E-state index < -0.39 is 11.8 Å². The summed E-state index contributed by atoms with van der Waals surface area (Å²) >= 11 is 0. The lowest BCUT2D eigenvalue weighted by atomic mass is 9.86. The van der Waals surface area contributed by atoms with Gasteiger partial charge in [-0.15, -0.1) is 0 Å². The Bertz CT molecular complexity index is 868. The number of fused-ring (bicyclic) bond motifs is 1. The molecule has 5 N–H and O–H groups in total. The lowest BCUT2D eigenvalue weighted by molar-refractivity contribution is -0.122. The summed E-state index contributed by atoms with van der Waals surface area (Å²) in [5.41, 5.74) is 12.6. The number of ketones is 1. The fourth-order valence-electron chi connectivity index (χ4n) is 3.63. The van der Waals surface area contributed by atoms with E-state index in [-0.39, 0.29) is 37.0 Å². The van der Waals surface area contributed by atoms with Gasteiger partial charge in [0.25, 0.3) is 5.91 Å². The maximum atomic E-state index is 12.3. The minimum absolute atomic E-state index is 0.0849. The number of nitrogens with one attached hydrogen (secondary N) is 1. The summed E-state index contributed by atoms with van der Waals surface area (Å²) in [7, 11) is 0. The van der Waals surface area contributed by atoms with Crippen LogP contribution in [0.4, 0.5) is 5.69 Å². The number of Topliss-reactive ketones (excluding diaryl/α,β-unsaturated/α-hetero) is 1. The fourth-order valence-corrected chi connectivity index (χ4v) is 3.63. The molecule has 8 heteroatoms. The van der Waals surface area contributed by atoms with Crippen LogP contribution in [0.5, 0.6) is 0 Å². The molecule has 1 aromatic heterocycles. The van der Waals surface area contributed by atoms with E-state index in [2.05, 4.69) is 10.3 Å². The van der Waals surface area contributed by atoms with Crippen LogP contribution in [-0.4, -0.2) is 33.7 Å². The molecule has 1 saturated carbocycles. The van der Waals surface area contributed by atoms with Gasteiger partial charge < -0.3 is 21.4 Å². The third kappa shape index (κ3) is 4.45. The minimum Gasteiger partial charge on any atom is -0.378 e. The Morgan fingerprint density at radius 3 is 2.56 bits per heavy atom. The van der Waals surface area contributed by atoms with Crippen molar-refractivity contribution in [3.05, 3.63) is 24.0 Å². The van der Waals surface area contributed by atoms with Crippen LogP contribution in [0.3, 0.4) is 0 Å². The maximum Gasteiger partial charge on any atom is 0.284 e. The molecule has 1 aliphatic rings. The molecule has 1 fully saturated rings. The highest BCUT2D eigenvalue weighted by Crippen LogP contribution is 2.25. The number of rotatable bonds is 8. The van der Waals surface area contributed by atoms with Crippen molar-refractivity contribution in [3.8, 4) is 0 Å². The van der Waals surface area contributed by atoms with E-state index >= 15 is 0 Å². The Hall–Kier alpha value is -2.90. The predicted molar refractivity (Wildman–Crippen MR) is 102 cm³/mol. The third-order valence-corrected chi connectivity index (χ3v) is 5.08. The first kappa shape index (κ1) is 18.9. The number of hydrogen-bond donors (Lipinski definition) is 3. The average molecular weight is 371 g/mol. The standard InChI is InChI=1S/C19H25N5O3/c20-17(26)8-9-24-15-7-6-13(10-14(15)23-19(24)18(21)27)22-11-16(25)12-4-2-1-3-5-12/h6-7,10,12,22H,1-5,8-9,11H2,(H2,20,26)(H2,21,27). The molecule has 0 bridgehead atoms. The molecule has 0 atom stereocenters. The SMILES string of the molecule is NC(=O)CCn1c(C(N)=O)nc2cc(NCC(=O)C3CCCCC3)ccc21. The van der Waals surface area contributed by atoms with Gasteiger partial charge in [-0.25, -0.2) is 4.98 Å². The Balaban J connectivity index is 1.75. The quantitative estimate of drug-likeness (QED) is 0.648. The number of hydrogen-bond acceptors (Lipinski definition) is 5. The highest BCUT2D eigenvalue weighted by molar-refractivity contribution is 5.94. The van der Waals surface area contributed by atoms with Crippen molar-refractivity contribution in [1.82, 2.24) is 9.55 Å². The number of benzene rings is 1. The van der Waals surface area contributed by atoms with Crippen molar-refractivity contribution < 1.29 is 14.4 Å². The van der Waals surface area contributed by atoms with E-state index in [1.807, 2.05) is 6.07 Å². The normalized spacial score (nSPS) is 15.0. The van der Waals surface area contributed by atoms with Crippen molar-refractivity contribution in [2.24, 2.45) is 17.4 Å². The Morgan fingerprint density at radius 1 is 1.15 bits per heavy atom. The van der Waals surface area contributed by atoms with E-state index in [9.17, 15) is 14.4 Å². The highest BCUT2D eigenvalue weighted by atomic mass is 16.2. The van der Waals surface area contributed by atoms with Gasteiger partial charge in [-0.1, -0.05) is 19.3 Å². The van der Waals surface area contributed by atoms with Gasteiger partial charge in [-0.3, -0.25) is 14.4 Å². The van der Waals surface area contributed by atoms with Gasteiger partial charge in [-0.05, 0) is 31.0 Å². The molecule has 0 radical (unpaired) electrons. The van der Waals surface area contributed by atoms with Crippen molar-refractivity contribution in [3.63, 3.8) is 0 Å². The van der Waals surface area contributed by atoms with Crippen LogP contribution in [0.25, 0.3) is 11.0 Å². The number of amides is 2. The fraction of sp³-hybridized carbons (Fsp3) is 0.474. The number of carbonyl (C=O) groups excluding carboxylic acids is 3. The monoisotopic (exact) mass is 371 g/mol. The molecule has 0 unspecified atom stereocenters. The van der Waals surface area contributed by atoms with Crippen LogP contribution in [0.15, 0.2) is 18.2 Å². The summed E-state index contributed by atoms with van der Waals surface area (Å²) in [6.45, 7) is 0.512. The van der Waals surface area contributed by atoms with Crippen molar-refractivity contribution in [1.29, 1.82) is 0 Å². The average Bonchev–Trinajstić information content (AvgIpc) is 3.03. The maximum absolute atomic E-state index is 12.3. The first-order chi connectivity index (χ1) is 13.0. The van der Waals surface area contributed by atoms with E-state index in [1.54, 1.807) is 16.7 Å². The smallest absolute Gasteiger partial charge is 0.284 e. The second kappa shape index (κ2) is 8.20. The zero-order chi connectivity index (χ0) is 19.4. The molecule has 3 rings (SSSR count). The van der Waals surface area contributed by atoms with Gasteiger partial charge in [0.05, 0.1) is 17.6 Å². The topological polar surface area (TPSA) is 133 Å². The van der Waals surface area contributed by atoms with Gasteiger partial charge in [0.1, 0.15) is 0 Å². The summed E-state index contributed by atoms with van der Waals surface area (Å²) < 4.78 is 1.60. The molecule has 2 amide bonds. The second-order valence-electron chi connectivity index (χ2n) is 7.03. The molecule has 8 nitrogen and oxygen atoms in total. The van der Waals surface area contributed by atoms with Crippen molar-refractivity contribution >= 4 is 34.3 Å². The van der Waals surface area contributed by atoms with Gasteiger partial charge in [0, 0.05) is 24.6 Å². The van der Waals surface area contributed by atoms with E-state index in [0.717, 1.165) is 31.4 Å². The Labute approximate surface area is 157 Å². The minimum atomic E-state index is -0.669. The second-order valence-corrected chi connectivity index (χ2v) is 7.03. The molecule has 1 heterocycles.